The predicted molar refractivity (Wildman–Crippen MR) is 216 cm³/mol. The van der Waals surface area contributed by atoms with E-state index in [2.05, 4.69) is 180 Å². The van der Waals surface area contributed by atoms with E-state index in [1.165, 1.54) is 21.9 Å². The number of nitrogens with zero attached hydrogens (tertiary/aromatic N) is 2. The molecule has 4 nitrogen and oxygen atoms in total. The molecule has 0 spiro atoms. The molecule has 240 valence electrons. The van der Waals surface area contributed by atoms with Crippen LogP contribution in [-0.4, -0.2) is 9.97 Å². The number of nitrogens with one attached hydrogen (secondary N) is 2. The Labute approximate surface area is 295 Å². The average Bonchev–Trinajstić information content (AvgIpc) is 3.19. The molecule has 51 heavy (non-hydrogen) atoms. The van der Waals surface area contributed by atoms with E-state index in [0.717, 1.165) is 83.6 Å². The van der Waals surface area contributed by atoms with Crippen LogP contribution in [0.25, 0.3) is 65.2 Å². The summed E-state index contributed by atoms with van der Waals surface area (Å²) in [5, 5.41) is 16.7. The van der Waals surface area contributed by atoms with Gasteiger partial charge in [0.25, 0.3) is 0 Å². The Hall–Kier alpha value is -6.78. The third kappa shape index (κ3) is 5.17. The van der Waals surface area contributed by atoms with Crippen LogP contribution in [0.1, 0.15) is 11.1 Å². The van der Waals surface area contributed by atoms with E-state index < -0.39 is 0 Å². The first-order valence-corrected chi connectivity index (χ1v) is 17.4. The van der Waals surface area contributed by atoms with Crippen LogP contribution in [0.3, 0.4) is 0 Å². The number of fused-ring (bicyclic) bond motifs is 8. The molecule has 0 atom stereocenters. The molecule has 0 radical (unpaired) electrons. The van der Waals surface area contributed by atoms with Crippen LogP contribution in [0.5, 0.6) is 0 Å². The van der Waals surface area contributed by atoms with Crippen molar-refractivity contribution in [3.63, 3.8) is 0 Å². The monoisotopic (exact) mass is 652 g/mol. The summed E-state index contributed by atoms with van der Waals surface area (Å²) < 4.78 is 0. The highest BCUT2D eigenvalue weighted by atomic mass is 14.9. The first-order chi connectivity index (χ1) is 25.2. The average molecular weight is 653 g/mol. The molecule has 10 aromatic rings. The lowest BCUT2D eigenvalue weighted by atomic mass is 10.0. The largest absolute Gasteiger partial charge is 0.354 e. The van der Waals surface area contributed by atoms with Gasteiger partial charge in [0.1, 0.15) is 0 Å². The van der Waals surface area contributed by atoms with Gasteiger partial charge in [-0.05, 0) is 64.7 Å². The Morgan fingerprint density at radius 1 is 0.333 bits per heavy atom. The quantitative estimate of drug-likeness (QED) is 0.139. The Morgan fingerprint density at radius 2 is 0.725 bits per heavy atom. The minimum Gasteiger partial charge on any atom is -0.354 e. The van der Waals surface area contributed by atoms with Gasteiger partial charge in [-0.25, -0.2) is 9.97 Å². The van der Waals surface area contributed by atoms with Crippen molar-refractivity contribution >= 4 is 87.9 Å². The smallest absolute Gasteiger partial charge is 0.0808 e. The molecule has 8 aromatic carbocycles. The van der Waals surface area contributed by atoms with E-state index in [-0.39, 0.29) is 0 Å². The van der Waals surface area contributed by atoms with Gasteiger partial charge in [0.15, 0.2) is 0 Å². The van der Waals surface area contributed by atoms with Crippen LogP contribution >= 0.6 is 0 Å². The lowest BCUT2D eigenvalue weighted by molar-refractivity contribution is 1.19. The van der Waals surface area contributed by atoms with Crippen molar-refractivity contribution in [1.82, 2.24) is 9.97 Å². The molecule has 0 amide bonds. The van der Waals surface area contributed by atoms with Crippen molar-refractivity contribution in [1.29, 1.82) is 0 Å². The van der Waals surface area contributed by atoms with Gasteiger partial charge >= 0.3 is 0 Å². The zero-order valence-corrected chi connectivity index (χ0v) is 27.8. The van der Waals surface area contributed by atoms with Gasteiger partial charge in [-0.15, -0.1) is 0 Å². The summed E-state index contributed by atoms with van der Waals surface area (Å²) in [6.07, 6.45) is 0.848. The summed E-state index contributed by atoms with van der Waals surface area (Å²) in [5.41, 5.74) is 10.8. The minimum atomic E-state index is 0.848. The summed E-state index contributed by atoms with van der Waals surface area (Å²) in [4.78, 5) is 10.2. The maximum atomic E-state index is 5.09. The molecule has 0 aliphatic heterocycles. The van der Waals surface area contributed by atoms with E-state index in [0.29, 0.717) is 0 Å². The van der Waals surface area contributed by atoms with Crippen LogP contribution in [0.2, 0.25) is 0 Å². The molecule has 2 N–H and O–H groups in total. The summed E-state index contributed by atoms with van der Waals surface area (Å²) in [6.45, 7) is 0. The van der Waals surface area contributed by atoms with Crippen molar-refractivity contribution in [2.24, 2.45) is 0 Å². The molecule has 0 fully saturated rings. The highest BCUT2D eigenvalue weighted by molar-refractivity contribution is 6.17. The number of anilines is 4. The van der Waals surface area contributed by atoms with Crippen molar-refractivity contribution in [3.8, 4) is 0 Å². The fourth-order valence-corrected chi connectivity index (χ4v) is 7.46. The molecular formula is C47H32N4. The predicted octanol–water partition coefficient (Wildman–Crippen LogP) is 12.5. The lowest BCUT2D eigenvalue weighted by Gasteiger charge is -2.15. The summed E-state index contributed by atoms with van der Waals surface area (Å²) in [5.74, 6) is 0. The topological polar surface area (TPSA) is 49.8 Å². The van der Waals surface area contributed by atoms with E-state index in [1.54, 1.807) is 0 Å². The maximum absolute atomic E-state index is 5.09. The number of pyridine rings is 2. The molecule has 0 bridgehead atoms. The number of para-hydroxylation sites is 2. The van der Waals surface area contributed by atoms with Crippen LogP contribution in [0, 0.1) is 0 Å². The highest BCUT2D eigenvalue weighted by Gasteiger charge is 2.14. The van der Waals surface area contributed by atoms with Gasteiger partial charge in [-0.1, -0.05) is 133 Å². The van der Waals surface area contributed by atoms with E-state index in [4.69, 9.17) is 9.97 Å². The molecule has 0 saturated carbocycles. The summed E-state index contributed by atoms with van der Waals surface area (Å²) in [6, 6.07) is 60.0. The van der Waals surface area contributed by atoms with Gasteiger partial charge in [-0.3, -0.25) is 0 Å². The third-order valence-corrected chi connectivity index (χ3v) is 10.0. The summed E-state index contributed by atoms with van der Waals surface area (Å²) in [7, 11) is 0. The van der Waals surface area contributed by atoms with E-state index in [1.807, 2.05) is 0 Å². The molecule has 2 aromatic heterocycles. The van der Waals surface area contributed by atoms with Crippen molar-refractivity contribution < 1.29 is 0 Å². The molecule has 0 unspecified atom stereocenters. The van der Waals surface area contributed by atoms with E-state index in [9.17, 15) is 0 Å². The Balaban J connectivity index is 0.922. The molecule has 10 rings (SSSR count). The number of benzene rings is 8. The van der Waals surface area contributed by atoms with Crippen molar-refractivity contribution in [2.75, 3.05) is 10.6 Å². The van der Waals surface area contributed by atoms with Crippen LogP contribution in [0.15, 0.2) is 170 Å². The second-order valence-corrected chi connectivity index (χ2v) is 13.2. The Morgan fingerprint density at radius 3 is 1.18 bits per heavy atom. The maximum Gasteiger partial charge on any atom is 0.0808 e. The number of hydrogen-bond acceptors (Lipinski definition) is 4. The fraction of sp³-hybridized carbons (Fsp3) is 0.0213. The Kier molecular flexibility index (Phi) is 6.85. The second kappa shape index (κ2) is 12.0. The van der Waals surface area contributed by atoms with Gasteiger partial charge in [0.05, 0.1) is 33.4 Å². The normalized spacial score (nSPS) is 11.6. The zero-order valence-electron chi connectivity index (χ0n) is 27.8. The molecular weight excluding hydrogens is 621 g/mol. The van der Waals surface area contributed by atoms with Gasteiger partial charge in [-0.2, -0.15) is 0 Å². The molecule has 2 heterocycles. The number of rotatable bonds is 6. The Bertz CT molecular complexity index is 2730. The first kappa shape index (κ1) is 29.2. The number of hydrogen-bond donors (Lipinski definition) is 2. The van der Waals surface area contributed by atoms with Crippen LogP contribution < -0.4 is 10.6 Å². The van der Waals surface area contributed by atoms with Crippen molar-refractivity contribution in [2.45, 2.75) is 6.42 Å². The second-order valence-electron chi connectivity index (χ2n) is 13.2. The molecule has 0 saturated heterocycles. The SMILES string of the molecule is c1ccc2c(c1)ccc1c(Nc3ccc(Cc4ccc(Nc5c6ccccc6nc6c5ccc5ccccc56)cc4)cc3)c3ccccc3nc12. The number of aromatic nitrogens is 2. The van der Waals surface area contributed by atoms with E-state index >= 15 is 0 Å². The van der Waals surface area contributed by atoms with Gasteiger partial charge < -0.3 is 10.6 Å². The highest BCUT2D eigenvalue weighted by Crippen LogP contribution is 2.38. The van der Waals surface area contributed by atoms with Gasteiger partial charge in [0, 0.05) is 43.7 Å². The molecule has 0 aliphatic rings. The zero-order chi connectivity index (χ0) is 33.7. The van der Waals surface area contributed by atoms with Crippen molar-refractivity contribution in [3.05, 3.63) is 181 Å². The summed E-state index contributed by atoms with van der Waals surface area (Å²) >= 11 is 0. The fourth-order valence-electron chi connectivity index (χ4n) is 7.46. The molecule has 0 aliphatic carbocycles. The van der Waals surface area contributed by atoms with Crippen LogP contribution in [0.4, 0.5) is 22.7 Å². The minimum absolute atomic E-state index is 0.848. The lowest BCUT2D eigenvalue weighted by Crippen LogP contribution is -1.97. The van der Waals surface area contributed by atoms with Crippen LogP contribution in [-0.2, 0) is 6.42 Å². The third-order valence-electron chi connectivity index (χ3n) is 10.0. The van der Waals surface area contributed by atoms with Gasteiger partial charge in [0.2, 0.25) is 0 Å². The standard InChI is InChI=1S/C47H32N4/c1-3-11-36-32(9-1)21-27-40-44(36)50-42-15-7-5-13-38(42)46(40)48-34-23-17-30(18-24-34)29-31-19-25-35(26-20-31)49-47-39-14-6-8-16-43(39)51-45-37-12-4-2-10-33(37)22-28-41(45)47/h1-28H,29H2,(H,48,50)(H,49,51). The molecule has 4 heteroatoms. The first-order valence-electron chi connectivity index (χ1n) is 17.4.